The molecule has 1 aromatic heterocycles. The van der Waals surface area contributed by atoms with E-state index in [1.807, 2.05) is 0 Å². The van der Waals surface area contributed by atoms with Gasteiger partial charge in [0.05, 0.1) is 12.7 Å². The predicted molar refractivity (Wildman–Crippen MR) is 75.4 cm³/mol. The lowest BCUT2D eigenvalue weighted by Gasteiger charge is -2.06. The Kier molecular flexibility index (Phi) is 4.50. The molecule has 0 aliphatic rings. The van der Waals surface area contributed by atoms with Crippen LogP contribution in [0.3, 0.4) is 0 Å². The monoisotopic (exact) mass is 286 g/mol. The first-order chi connectivity index (χ1) is 10.1. The maximum absolute atomic E-state index is 11.9. The molecule has 0 saturated heterocycles. The Morgan fingerprint density at radius 3 is 2.33 bits per heavy atom. The summed E-state index contributed by atoms with van der Waals surface area (Å²) < 4.78 is 4.95. The number of carboxylic acids is 1. The van der Waals surface area contributed by atoms with E-state index in [2.05, 4.69) is 10.3 Å². The Balaban J connectivity index is 1.95. The number of benzene rings is 1. The second-order valence-electron chi connectivity index (χ2n) is 4.27. The summed E-state index contributed by atoms with van der Waals surface area (Å²) in [6.07, 6.45) is 1.62. The maximum atomic E-state index is 11.9. The fourth-order valence-corrected chi connectivity index (χ4v) is 1.68. The summed E-state index contributed by atoms with van der Waals surface area (Å²) in [5, 5.41) is 11.5. The highest BCUT2D eigenvalue weighted by Gasteiger charge is 2.07. The number of carbonyl (C=O) groups excluding carboxylic acids is 1. The molecule has 0 unspecified atom stereocenters. The normalized spacial score (nSPS) is 9.95. The van der Waals surface area contributed by atoms with Gasteiger partial charge in [0.2, 0.25) is 5.88 Å². The number of ether oxygens (including phenoxy) is 1. The van der Waals surface area contributed by atoms with E-state index in [0.717, 1.165) is 5.56 Å². The highest BCUT2D eigenvalue weighted by atomic mass is 16.5. The lowest BCUT2D eigenvalue weighted by Crippen LogP contribution is -2.22. The van der Waals surface area contributed by atoms with Crippen LogP contribution in [0.15, 0.2) is 42.6 Å². The summed E-state index contributed by atoms with van der Waals surface area (Å²) in [4.78, 5) is 26.7. The van der Waals surface area contributed by atoms with E-state index >= 15 is 0 Å². The van der Waals surface area contributed by atoms with E-state index in [1.54, 1.807) is 18.3 Å². The molecule has 1 heterocycles. The zero-order chi connectivity index (χ0) is 15.2. The molecule has 0 radical (unpaired) electrons. The molecular formula is C15H14N2O4. The van der Waals surface area contributed by atoms with Gasteiger partial charge in [-0.1, -0.05) is 6.07 Å². The molecule has 0 saturated carbocycles. The van der Waals surface area contributed by atoms with E-state index < -0.39 is 5.97 Å². The minimum atomic E-state index is -1.02. The Labute approximate surface area is 121 Å². The number of aromatic carboxylic acids is 1. The molecule has 108 valence electrons. The van der Waals surface area contributed by atoms with Crippen LogP contribution < -0.4 is 10.1 Å². The summed E-state index contributed by atoms with van der Waals surface area (Å²) in [6.45, 7) is 0.330. The van der Waals surface area contributed by atoms with Gasteiger partial charge in [-0.25, -0.2) is 9.78 Å². The van der Waals surface area contributed by atoms with Crippen molar-refractivity contribution in [3.8, 4) is 5.88 Å². The van der Waals surface area contributed by atoms with Crippen molar-refractivity contribution in [3.63, 3.8) is 0 Å². The number of rotatable bonds is 5. The van der Waals surface area contributed by atoms with Gasteiger partial charge in [0.25, 0.3) is 5.91 Å². The van der Waals surface area contributed by atoms with Gasteiger partial charge in [0.15, 0.2) is 0 Å². The van der Waals surface area contributed by atoms with Crippen molar-refractivity contribution in [1.29, 1.82) is 0 Å². The minimum absolute atomic E-state index is 0.144. The van der Waals surface area contributed by atoms with Crippen molar-refractivity contribution >= 4 is 11.9 Å². The van der Waals surface area contributed by atoms with Gasteiger partial charge in [-0.15, -0.1) is 0 Å². The Morgan fingerprint density at radius 2 is 1.81 bits per heavy atom. The van der Waals surface area contributed by atoms with E-state index in [9.17, 15) is 9.59 Å². The third-order valence-electron chi connectivity index (χ3n) is 2.85. The molecule has 1 amide bonds. The summed E-state index contributed by atoms with van der Waals surface area (Å²) in [5.74, 6) is -0.789. The summed E-state index contributed by atoms with van der Waals surface area (Å²) in [5.41, 5.74) is 1.39. The van der Waals surface area contributed by atoms with Gasteiger partial charge >= 0.3 is 5.97 Å². The summed E-state index contributed by atoms with van der Waals surface area (Å²) >= 11 is 0. The Hall–Kier alpha value is -2.89. The van der Waals surface area contributed by atoms with Gasteiger partial charge in [-0.05, 0) is 29.8 Å². The van der Waals surface area contributed by atoms with Gasteiger partial charge in [0, 0.05) is 24.4 Å². The van der Waals surface area contributed by atoms with Gasteiger partial charge in [-0.2, -0.15) is 0 Å². The van der Waals surface area contributed by atoms with Crippen molar-refractivity contribution in [2.75, 3.05) is 7.11 Å². The Bertz CT molecular complexity index is 636. The number of carbonyl (C=O) groups is 2. The number of hydrogen-bond acceptors (Lipinski definition) is 4. The summed E-state index contributed by atoms with van der Waals surface area (Å²) in [6, 6.07) is 9.26. The molecule has 0 bridgehead atoms. The maximum Gasteiger partial charge on any atom is 0.335 e. The van der Waals surface area contributed by atoms with Crippen LogP contribution in [-0.4, -0.2) is 29.1 Å². The molecule has 2 N–H and O–H groups in total. The van der Waals surface area contributed by atoms with E-state index in [4.69, 9.17) is 9.84 Å². The molecule has 0 aliphatic heterocycles. The number of aromatic nitrogens is 1. The molecule has 0 atom stereocenters. The largest absolute Gasteiger partial charge is 0.481 e. The highest BCUT2D eigenvalue weighted by Crippen LogP contribution is 2.08. The quantitative estimate of drug-likeness (QED) is 0.873. The van der Waals surface area contributed by atoms with Crippen molar-refractivity contribution in [2.45, 2.75) is 6.54 Å². The molecule has 6 heteroatoms. The fraction of sp³-hybridized carbons (Fsp3) is 0.133. The number of carboxylic acid groups (broad SMARTS) is 1. The molecule has 2 aromatic rings. The van der Waals surface area contributed by atoms with Crippen LogP contribution in [0.1, 0.15) is 26.3 Å². The average Bonchev–Trinajstić information content (AvgIpc) is 2.53. The third kappa shape index (κ3) is 3.79. The predicted octanol–water partition coefficient (Wildman–Crippen LogP) is 1.72. The molecule has 6 nitrogen and oxygen atoms in total. The third-order valence-corrected chi connectivity index (χ3v) is 2.85. The molecular weight excluding hydrogens is 272 g/mol. The molecule has 21 heavy (non-hydrogen) atoms. The van der Waals surface area contributed by atoms with Crippen LogP contribution in [0.5, 0.6) is 5.88 Å². The zero-order valence-corrected chi connectivity index (χ0v) is 11.4. The number of nitrogens with one attached hydrogen (secondary N) is 1. The number of methoxy groups -OCH3 is 1. The highest BCUT2D eigenvalue weighted by molar-refractivity contribution is 5.95. The van der Waals surface area contributed by atoms with Crippen LogP contribution in [-0.2, 0) is 6.54 Å². The van der Waals surface area contributed by atoms with Crippen LogP contribution >= 0.6 is 0 Å². The fourth-order valence-electron chi connectivity index (χ4n) is 1.68. The van der Waals surface area contributed by atoms with Crippen LogP contribution in [0.2, 0.25) is 0 Å². The molecule has 0 aliphatic carbocycles. The van der Waals surface area contributed by atoms with Gasteiger partial charge in [-0.3, -0.25) is 4.79 Å². The first-order valence-electron chi connectivity index (χ1n) is 6.20. The van der Waals surface area contributed by atoms with E-state index in [1.165, 1.54) is 31.4 Å². The van der Waals surface area contributed by atoms with Crippen molar-refractivity contribution in [1.82, 2.24) is 10.3 Å². The first kappa shape index (κ1) is 14.5. The smallest absolute Gasteiger partial charge is 0.335 e. The second kappa shape index (κ2) is 6.51. The average molecular weight is 286 g/mol. The number of hydrogen-bond donors (Lipinski definition) is 2. The SMILES string of the molecule is COc1ccc(CNC(=O)c2ccc(C(=O)O)cc2)cn1. The van der Waals surface area contributed by atoms with Crippen molar-refractivity contribution in [2.24, 2.45) is 0 Å². The van der Waals surface area contributed by atoms with Crippen LogP contribution in [0.4, 0.5) is 0 Å². The van der Waals surface area contributed by atoms with Crippen molar-refractivity contribution in [3.05, 3.63) is 59.3 Å². The lowest BCUT2D eigenvalue weighted by atomic mass is 10.1. The number of amides is 1. The van der Waals surface area contributed by atoms with E-state index in [0.29, 0.717) is 18.0 Å². The number of pyridine rings is 1. The van der Waals surface area contributed by atoms with Crippen LogP contribution in [0.25, 0.3) is 0 Å². The molecule has 0 fully saturated rings. The first-order valence-corrected chi connectivity index (χ1v) is 6.20. The minimum Gasteiger partial charge on any atom is -0.481 e. The molecule has 2 rings (SSSR count). The van der Waals surface area contributed by atoms with Crippen LogP contribution in [0, 0.1) is 0 Å². The van der Waals surface area contributed by atoms with Gasteiger partial charge < -0.3 is 15.2 Å². The topological polar surface area (TPSA) is 88.5 Å². The van der Waals surface area contributed by atoms with E-state index in [-0.39, 0.29) is 11.5 Å². The Morgan fingerprint density at radius 1 is 1.14 bits per heavy atom. The van der Waals surface area contributed by atoms with Crippen molar-refractivity contribution < 1.29 is 19.4 Å². The second-order valence-corrected chi connectivity index (χ2v) is 4.27. The molecule has 1 aromatic carbocycles. The molecule has 0 spiro atoms. The lowest BCUT2D eigenvalue weighted by molar-refractivity contribution is 0.0696. The zero-order valence-electron chi connectivity index (χ0n) is 11.4. The standard InChI is InChI=1S/C15H14N2O4/c1-21-13-7-2-10(8-16-13)9-17-14(18)11-3-5-12(6-4-11)15(19)20/h2-8H,9H2,1H3,(H,17,18)(H,19,20). The summed E-state index contributed by atoms with van der Waals surface area (Å²) in [7, 11) is 1.53. The number of nitrogens with zero attached hydrogens (tertiary/aromatic N) is 1. The van der Waals surface area contributed by atoms with Gasteiger partial charge in [0.1, 0.15) is 0 Å².